The van der Waals surface area contributed by atoms with Crippen LogP contribution in [0, 0.1) is 6.92 Å². The molecule has 0 fully saturated rings. The van der Waals surface area contributed by atoms with E-state index in [9.17, 15) is 9.59 Å². The van der Waals surface area contributed by atoms with Crippen LogP contribution in [0.2, 0.25) is 0 Å². The number of carboxylic acids is 1. The van der Waals surface area contributed by atoms with Gasteiger partial charge in [-0.25, -0.2) is 4.98 Å². The van der Waals surface area contributed by atoms with E-state index in [1.807, 2.05) is 42.3 Å². The average molecular weight is 488 g/mol. The van der Waals surface area contributed by atoms with Crippen LogP contribution in [0.15, 0.2) is 24.3 Å². The smallest absolute Gasteiger partial charge is 0.307 e. The highest BCUT2D eigenvalue weighted by Gasteiger charge is 2.16. The number of aliphatic carboxylic acids is 1. The van der Waals surface area contributed by atoms with Gasteiger partial charge in [0.15, 0.2) is 0 Å². The molecule has 0 aliphatic heterocycles. The minimum Gasteiger partial charge on any atom is -0.481 e. The van der Waals surface area contributed by atoms with Crippen LogP contribution in [0.3, 0.4) is 0 Å². The standard InChI is InChI=1S/C25H37N5O3S/c1-4-5-6-13-27-24-21(18(2)28-25(26)29-24)8-7-14-30(22(31)17-34-3)16-20-11-9-19(10-12-20)15-23(32)33/h9-12H,4-8,13-17H2,1-3H3,(H,32,33)(H3,26,27,28,29). The Labute approximate surface area is 206 Å². The van der Waals surface area contributed by atoms with Gasteiger partial charge in [0.2, 0.25) is 11.9 Å². The highest BCUT2D eigenvalue weighted by molar-refractivity contribution is 7.99. The molecule has 0 aliphatic carbocycles. The molecule has 1 amide bonds. The SMILES string of the molecule is CCCCCNc1nc(N)nc(C)c1CCCN(Cc1ccc(CC(=O)O)cc1)C(=O)CSC. The molecule has 1 heterocycles. The lowest BCUT2D eigenvalue weighted by Crippen LogP contribution is -2.33. The molecule has 0 unspecified atom stereocenters. The zero-order chi connectivity index (χ0) is 24.9. The Morgan fingerprint density at radius 1 is 1.12 bits per heavy atom. The molecule has 4 N–H and O–H groups in total. The predicted octanol–water partition coefficient (Wildman–Crippen LogP) is 3.92. The number of thioether (sulfide) groups is 1. The summed E-state index contributed by atoms with van der Waals surface area (Å²) in [6.07, 6.45) is 6.81. The van der Waals surface area contributed by atoms with Crippen LogP contribution in [0.5, 0.6) is 0 Å². The molecule has 1 aromatic heterocycles. The molecule has 8 nitrogen and oxygen atoms in total. The van der Waals surface area contributed by atoms with Crippen molar-refractivity contribution in [1.29, 1.82) is 0 Å². The summed E-state index contributed by atoms with van der Waals surface area (Å²) >= 11 is 1.51. The van der Waals surface area contributed by atoms with Crippen LogP contribution in [0.1, 0.15) is 55.0 Å². The number of aromatic nitrogens is 2. The predicted molar refractivity (Wildman–Crippen MR) is 139 cm³/mol. The Hall–Kier alpha value is -2.81. The van der Waals surface area contributed by atoms with Crippen LogP contribution >= 0.6 is 11.8 Å². The van der Waals surface area contributed by atoms with Gasteiger partial charge in [0.05, 0.1) is 12.2 Å². The topological polar surface area (TPSA) is 121 Å². The Bertz CT molecular complexity index is 937. The van der Waals surface area contributed by atoms with Gasteiger partial charge in [-0.15, -0.1) is 0 Å². The molecule has 2 aromatic rings. The van der Waals surface area contributed by atoms with Crippen molar-refractivity contribution in [2.45, 2.75) is 58.9 Å². The lowest BCUT2D eigenvalue weighted by molar-refractivity contribution is -0.136. The number of carbonyl (C=O) groups excluding carboxylic acids is 1. The first-order valence-electron chi connectivity index (χ1n) is 11.8. The maximum absolute atomic E-state index is 12.8. The zero-order valence-corrected chi connectivity index (χ0v) is 21.3. The first kappa shape index (κ1) is 27.4. The molecule has 0 atom stereocenters. The molecular formula is C25H37N5O3S. The summed E-state index contributed by atoms with van der Waals surface area (Å²) in [5.41, 5.74) is 9.51. The zero-order valence-electron chi connectivity index (χ0n) is 20.5. The van der Waals surface area contributed by atoms with E-state index in [0.717, 1.165) is 66.9 Å². The number of carboxylic acid groups (broad SMARTS) is 1. The maximum Gasteiger partial charge on any atom is 0.307 e. The van der Waals surface area contributed by atoms with Crippen molar-refractivity contribution in [3.8, 4) is 0 Å². The third kappa shape index (κ3) is 9.21. The second-order valence-electron chi connectivity index (χ2n) is 8.37. The molecule has 2 rings (SSSR count). The number of aryl methyl sites for hydroxylation is 1. The normalized spacial score (nSPS) is 10.8. The maximum atomic E-state index is 12.8. The number of amides is 1. The largest absolute Gasteiger partial charge is 0.481 e. The van der Waals surface area contributed by atoms with E-state index in [2.05, 4.69) is 22.2 Å². The number of hydrogen-bond donors (Lipinski definition) is 3. The van der Waals surface area contributed by atoms with E-state index in [4.69, 9.17) is 10.8 Å². The molecule has 0 bridgehead atoms. The van der Waals surface area contributed by atoms with Crippen LogP contribution in [0.4, 0.5) is 11.8 Å². The summed E-state index contributed by atoms with van der Waals surface area (Å²) in [5, 5.41) is 12.4. The van der Waals surface area contributed by atoms with Crippen LogP contribution in [0.25, 0.3) is 0 Å². The minimum atomic E-state index is -0.856. The Kier molecular flexibility index (Phi) is 11.7. The van der Waals surface area contributed by atoms with Crippen LogP contribution < -0.4 is 11.1 Å². The lowest BCUT2D eigenvalue weighted by Gasteiger charge is -2.23. The Morgan fingerprint density at radius 2 is 1.82 bits per heavy atom. The average Bonchev–Trinajstić information content (AvgIpc) is 2.78. The summed E-state index contributed by atoms with van der Waals surface area (Å²) in [5.74, 6) is 0.709. The van der Waals surface area contributed by atoms with Crippen molar-refractivity contribution in [1.82, 2.24) is 14.9 Å². The summed E-state index contributed by atoms with van der Waals surface area (Å²) in [6.45, 7) is 6.06. The summed E-state index contributed by atoms with van der Waals surface area (Å²) in [6, 6.07) is 7.42. The van der Waals surface area contributed by atoms with Gasteiger partial charge in [-0.2, -0.15) is 16.7 Å². The number of nitrogens with one attached hydrogen (secondary N) is 1. The molecule has 0 radical (unpaired) electrons. The first-order valence-corrected chi connectivity index (χ1v) is 13.2. The molecule has 186 valence electrons. The monoisotopic (exact) mass is 487 g/mol. The molecule has 0 saturated carbocycles. The van der Waals surface area contributed by atoms with E-state index in [1.165, 1.54) is 11.8 Å². The van der Waals surface area contributed by atoms with Crippen molar-refractivity contribution in [2.75, 3.05) is 36.1 Å². The minimum absolute atomic E-state index is 0.00672. The summed E-state index contributed by atoms with van der Waals surface area (Å²) < 4.78 is 0. The van der Waals surface area contributed by atoms with Gasteiger partial charge in [-0.3, -0.25) is 9.59 Å². The highest BCUT2D eigenvalue weighted by Crippen LogP contribution is 2.20. The third-order valence-corrected chi connectivity index (χ3v) is 6.07. The molecule has 1 aromatic carbocycles. The van der Waals surface area contributed by atoms with E-state index < -0.39 is 5.97 Å². The Balaban J connectivity index is 2.05. The Morgan fingerprint density at radius 3 is 2.47 bits per heavy atom. The van der Waals surface area contributed by atoms with Crippen molar-refractivity contribution < 1.29 is 14.7 Å². The second kappa shape index (κ2) is 14.5. The molecule has 0 spiro atoms. The molecular weight excluding hydrogens is 450 g/mol. The van der Waals surface area contributed by atoms with Gasteiger partial charge in [0.1, 0.15) is 5.82 Å². The molecule has 9 heteroatoms. The van der Waals surface area contributed by atoms with E-state index in [0.29, 0.717) is 18.8 Å². The number of unbranched alkanes of at least 4 members (excludes halogenated alkanes) is 2. The van der Waals surface area contributed by atoms with Gasteiger partial charge in [0, 0.05) is 30.9 Å². The fourth-order valence-corrected chi connectivity index (χ4v) is 4.19. The van der Waals surface area contributed by atoms with Gasteiger partial charge >= 0.3 is 5.97 Å². The number of nitrogen functional groups attached to an aromatic ring is 1. The van der Waals surface area contributed by atoms with Crippen molar-refractivity contribution in [3.05, 3.63) is 46.6 Å². The van der Waals surface area contributed by atoms with Crippen molar-refractivity contribution in [2.24, 2.45) is 0 Å². The number of nitrogens with two attached hydrogens (primary N) is 1. The van der Waals surface area contributed by atoms with Gasteiger partial charge < -0.3 is 21.1 Å². The van der Waals surface area contributed by atoms with Crippen molar-refractivity contribution in [3.63, 3.8) is 0 Å². The quantitative estimate of drug-likeness (QED) is 0.323. The first-order chi connectivity index (χ1) is 16.3. The van der Waals surface area contributed by atoms with E-state index in [1.54, 1.807) is 0 Å². The van der Waals surface area contributed by atoms with Gasteiger partial charge in [-0.05, 0) is 43.6 Å². The lowest BCUT2D eigenvalue weighted by atomic mass is 10.1. The number of anilines is 2. The fourth-order valence-electron chi connectivity index (χ4n) is 3.76. The van der Waals surface area contributed by atoms with Gasteiger partial charge in [0.25, 0.3) is 0 Å². The summed E-state index contributed by atoms with van der Waals surface area (Å²) in [7, 11) is 0. The number of benzene rings is 1. The number of hydrogen-bond acceptors (Lipinski definition) is 7. The fraction of sp³-hybridized carbons (Fsp3) is 0.520. The highest BCUT2D eigenvalue weighted by atomic mass is 32.2. The molecule has 34 heavy (non-hydrogen) atoms. The number of carbonyl (C=O) groups is 2. The third-order valence-electron chi connectivity index (χ3n) is 5.53. The van der Waals surface area contributed by atoms with Crippen molar-refractivity contribution >= 4 is 35.4 Å². The number of nitrogens with zero attached hydrogens (tertiary/aromatic N) is 3. The van der Waals surface area contributed by atoms with Crippen LogP contribution in [-0.2, 0) is 29.0 Å². The van der Waals surface area contributed by atoms with Crippen LogP contribution in [-0.4, -0.2) is 56.9 Å². The number of rotatable bonds is 15. The molecule has 0 saturated heterocycles. The molecule has 0 aliphatic rings. The summed E-state index contributed by atoms with van der Waals surface area (Å²) in [4.78, 5) is 34.3. The van der Waals surface area contributed by atoms with E-state index in [-0.39, 0.29) is 18.3 Å². The second-order valence-corrected chi connectivity index (χ2v) is 9.23. The van der Waals surface area contributed by atoms with E-state index >= 15 is 0 Å². The van der Waals surface area contributed by atoms with Gasteiger partial charge in [-0.1, -0.05) is 44.0 Å².